The predicted octanol–water partition coefficient (Wildman–Crippen LogP) is 1.69. The number of amides is 1. The van der Waals surface area contributed by atoms with Crippen molar-refractivity contribution < 1.29 is 9.53 Å². The predicted molar refractivity (Wildman–Crippen MR) is 108 cm³/mol. The maximum absolute atomic E-state index is 12.5. The summed E-state index contributed by atoms with van der Waals surface area (Å²) in [7, 11) is 0. The van der Waals surface area contributed by atoms with Crippen LogP contribution in [0.3, 0.4) is 0 Å². The highest BCUT2D eigenvalue weighted by Crippen LogP contribution is 2.16. The largest absolute Gasteiger partial charge is 0.484 e. The standard InChI is InChI=1S/C21H24N6O2/c1-17-7-5-6-10-19(17)29-16-21(28)26-13-11-25(12-14-26)15-20-22-23-24-27(20)18-8-3-2-4-9-18/h2-10H,11-16H2,1H3. The van der Waals surface area contributed by atoms with Crippen molar-refractivity contribution in [2.24, 2.45) is 0 Å². The van der Waals surface area contributed by atoms with Crippen LogP contribution in [0.2, 0.25) is 0 Å². The van der Waals surface area contributed by atoms with Crippen LogP contribution in [0.15, 0.2) is 54.6 Å². The molecule has 8 heteroatoms. The molecule has 0 unspecified atom stereocenters. The molecule has 0 radical (unpaired) electrons. The first-order valence-corrected chi connectivity index (χ1v) is 9.72. The van der Waals surface area contributed by atoms with E-state index in [2.05, 4.69) is 20.4 Å². The van der Waals surface area contributed by atoms with Crippen LogP contribution in [0.25, 0.3) is 5.69 Å². The van der Waals surface area contributed by atoms with Gasteiger partial charge in [0.2, 0.25) is 0 Å². The summed E-state index contributed by atoms with van der Waals surface area (Å²) in [6.45, 7) is 5.57. The van der Waals surface area contributed by atoms with E-state index in [1.165, 1.54) is 0 Å². The van der Waals surface area contributed by atoms with Gasteiger partial charge in [-0.05, 0) is 41.1 Å². The molecule has 8 nitrogen and oxygen atoms in total. The summed E-state index contributed by atoms with van der Waals surface area (Å²) >= 11 is 0. The van der Waals surface area contributed by atoms with Crippen LogP contribution in [0.5, 0.6) is 5.75 Å². The number of hydrogen-bond acceptors (Lipinski definition) is 6. The fourth-order valence-corrected chi connectivity index (χ4v) is 3.38. The number of aromatic nitrogens is 4. The summed E-state index contributed by atoms with van der Waals surface area (Å²) in [5, 5.41) is 12.1. The number of piperazine rings is 1. The minimum absolute atomic E-state index is 0.0158. The van der Waals surface area contributed by atoms with Crippen molar-refractivity contribution in [2.45, 2.75) is 13.5 Å². The van der Waals surface area contributed by atoms with Crippen LogP contribution < -0.4 is 4.74 Å². The fourth-order valence-electron chi connectivity index (χ4n) is 3.38. The molecule has 1 fully saturated rings. The van der Waals surface area contributed by atoms with Gasteiger partial charge in [-0.15, -0.1) is 5.10 Å². The van der Waals surface area contributed by atoms with E-state index in [0.29, 0.717) is 19.6 Å². The van der Waals surface area contributed by atoms with E-state index >= 15 is 0 Å². The fraction of sp³-hybridized carbons (Fsp3) is 0.333. The maximum atomic E-state index is 12.5. The molecule has 1 saturated heterocycles. The number of nitrogens with zero attached hydrogens (tertiary/aromatic N) is 6. The molecular weight excluding hydrogens is 368 g/mol. The molecule has 1 aliphatic heterocycles. The second kappa shape index (κ2) is 8.83. The molecule has 2 heterocycles. The Morgan fingerprint density at radius 2 is 1.72 bits per heavy atom. The summed E-state index contributed by atoms with van der Waals surface area (Å²) in [6.07, 6.45) is 0. The molecule has 150 valence electrons. The number of para-hydroxylation sites is 2. The number of tetrazole rings is 1. The average Bonchev–Trinajstić information content (AvgIpc) is 3.22. The quantitative estimate of drug-likeness (QED) is 0.636. The smallest absolute Gasteiger partial charge is 0.260 e. The molecule has 1 amide bonds. The van der Waals surface area contributed by atoms with Crippen LogP contribution in [-0.4, -0.2) is 68.7 Å². The summed E-state index contributed by atoms with van der Waals surface area (Å²) in [5.74, 6) is 1.56. The van der Waals surface area contributed by atoms with Gasteiger partial charge in [-0.2, -0.15) is 4.68 Å². The monoisotopic (exact) mass is 392 g/mol. The van der Waals surface area contributed by atoms with Gasteiger partial charge in [0.15, 0.2) is 12.4 Å². The highest BCUT2D eigenvalue weighted by atomic mass is 16.5. The molecule has 0 spiro atoms. The summed E-state index contributed by atoms with van der Waals surface area (Å²) < 4.78 is 7.45. The highest BCUT2D eigenvalue weighted by Gasteiger charge is 2.23. The van der Waals surface area contributed by atoms with E-state index in [0.717, 1.165) is 35.9 Å². The molecule has 0 bridgehead atoms. The molecule has 1 aliphatic rings. The van der Waals surface area contributed by atoms with Crippen molar-refractivity contribution in [3.63, 3.8) is 0 Å². The molecule has 29 heavy (non-hydrogen) atoms. The van der Waals surface area contributed by atoms with E-state index in [4.69, 9.17) is 4.74 Å². The molecule has 0 atom stereocenters. The number of hydrogen-bond donors (Lipinski definition) is 0. The zero-order valence-corrected chi connectivity index (χ0v) is 16.4. The Kier molecular flexibility index (Phi) is 5.81. The van der Waals surface area contributed by atoms with Crippen LogP contribution in [0.1, 0.15) is 11.4 Å². The highest BCUT2D eigenvalue weighted by molar-refractivity contribution is 5.78. The van der Waals surface area contributed by atoms with Gasteiger partial charge >= 0.3 is 0 Å². The minimum atomic E-state index is 0.0158. The number of ether oxygens (including phenoxy) is 1. The van der Waals surface area contributed by atoms with E-state index in [9.17, 15) is 4.79 Å². The first-order valence-electron chi connectivity index (χ1n) is 9.72. The Bertz CT molecular complexity index is 951. The lowest BCUT2D eigenvalue weighted by molar-refractivity contribution is -0.135. The van der Waals surface area contributed by atoms with Crippen molar-refractivity contribution in [1.82, 2.24) is 30.0 Å². The zero-order chi connectivity index (χ0) is 20.1. The first-order chi connectivity index (χ1) is 14.2. The Morgan fingerprint density at radius 3 is 2.48 bits per heavy atom. The summed E-state index contributed by atoms with van der Waals surface area (Å²) in [6, 6.07) is 17.6. The Balaban J connectivity index is 1.28. The van der Waals surface area contributed by atoms with Gasteiger partial charge in [0, 0.05) is 26.2 Å². The number of carbonyl (C=O) groups excluding carboxylic acids is 1. The summed E-state index contributed by atoms with van der Waals surface area (Å²) in [5.41, 5.74) is 1.97. The topological polar surface area (TPSA) is 76.4 Å². The molecular formula is C21H24N6O2. The second-order valence-corrected chi connectivity index (χ2v) is 7.05. The van der Waals surface area contributed by atoms with E-state index in [1.807, 2.05) is 66.4 Å². The molecule has 0 saturated carbocycles. The third-order valence-electron chi connectivity index (χ3n) is 5.07. The van der Waals surface area contributed by atoms with Gasteiger partial charge in [0.25, 0.3) is 5.91 Å². The summed E-state index contributed by atoms with van der Waals surface area (Å²) in [4.78, 5) is 16.6. The van der Waals surface area contributed by atoms with Crippen LogP contribution >= 0.6 is 0 Å². The van der Waals surface area contributed by atoms with Crippen LogP contribution in [0.4, 0.5) is 0 Å². The van der Waals surface area contributed by atoms with E-state index in [1.54, 1.807) is 4.68 Å². The van der Waals surface area contributed by atoms with Crippen molar-refractivity contribution in [3.8, 4) is 11.4 Å². The van der Waals surface area contributed by atoms with E-state index < -0.39 is 0 Å². The molecule has 0 N–H and O–H groups in total. The molecule has 3 aromatic rings. The van der Waals surface area contributed by atoms with Gasteiger partial charge in [-0.25, -0.2) is 0 Å². The van der Waals surface area contributed by atoms with Crippen molar-refractivity contribution in [3.05, 3.63) is 66.0 Å². The Hall–Kier alpha value is -3.26. The third-order valence-corrected chi connectivity index (χ3v) is 5.07. The number of benzene rings is 2. The lowest BCUT2D eigenvalue weighted by atomic mass is 10.2. The van der Waals surface area contributed by atoms with Gasteiger partial charge in [-0.1, -0.05) is 36.4 Å². The van der Waals surface area contributed by atoms with Crippen LogP contribution in [-0.2, 0) is 11.3 Å². The van der Waals surface area contributed by atoms with E-state index in [-0.39, 0.29) is 12.5 Å². The normalized spacial score (nSPS) is 14.7. The number of carbonyl (C=O) groups is 1. The third kappa shape index (κ3) is 4.60. The van der Waals surface area contributed by atoms with Crippen molar-refractivity contribution in [2.75, 3.05) is 32.8 Å². The molecule has 2 aromatic carbocycles. The van der Waals surface area contributed by atoms with Gasteiger partial charge in [-0.3, -0.25) is 9.69 Å². The first kappa shape index (κ1) is 19.1. The number of aryl methyl sites for hydroxylation is 1. The molecule has 1 aromatic heterocycles. The van der Waals surface area contributed by atoms with Gasteiger partial charge < -0.3 is 9.64 Å². The molecule has 0 aliphatic carbocycles. The van der Waals surface area contributed by atoms with Gasteiger partial charge in [0.05, 0.1) is 12.2 Å². The lowest BCUT2D eigenvalue weighted by Crippen LogP contribution is -2.49. The second-order valence-electron chi connectivity index (χ2n) is 7.05. The Labute approximate surface area is 169 Å². The zero-order valence-electron chi connectivity index (χ0n) is 16.4. The van der Waals surface area contributed by atoms with Crippen LogP contribution in [0, 0.1) is 6.92 Å². The average molecular weight is 392 g/mol. The van der Waals surface area contributed by atoms with Gasteiger partial charge in [0.1, 0.15) is 5.75 Å². The SMILES string of the molecule is Cc1ccccc1OCC(=O)N1CCN(Cc2nnnn2-c2ccccc2)CC1. The lowest BCUT2D eigenvalue weighted by Gasteiger charge is -2.34. The number of rotatable bonds is 6. The Morgan fingerprint density at radius 1 is 1.00 bits per heavy atom. The maximum Gasteiger partial charge on any atom is 0.260 e. The molecule has 4 rings (SSSR count). The van der Waals surface area contributed by atoms with Crippen molar-refractivity contribution in [1.29, 1.82) is 0 Å². The van der Waals surface area contributed by atoms with Crippen molar-refractivity contribution >= 4 is 5.91 Å². The minimum Gasteiger partial charge on any atom is -0.484 e.